The van der Waals surface area contributed by atoms with Crippen molar-refractivity contribution in [3.8, 4) is 23.0 Å². The minimum atomic E-state index is -0.681. The number of fused-ring (bicyclic) bond motifs is 3. The Morgan fingerprint density at radius 3 is 2.80 bits per heavy atom. The van der Waals surface area contributed by atoms with Crippen LogP contribution >= 0.6 is 0 Å². The van der Waals surface area contributed by atoms with E-state index in [1.165, 1.54) is 12.1 Å². The van der Waals surface area contributed by atoms with Crippen LogP contribution in [0.15, 0.2) is 30.5 Å². The van der Waals surface area contributed by atoms with Gasteiger partial charge in [0.1, 0.15) is 40.8 Å². The van der Waals surface area contributed by atoms with Crippen molar-refractivity contribution < 1.29 is 28.1 Å². The molecule has 11 heteroatoms. The summed E-state index contributed by atoms with van der Waals surface area (Å²) >= 11 is 0. The molecule has 9 nitrogen and oxygen atoms in total. The highest BCUT2D eigenvalue weighted by molar-refractivity contribution is 6.01. The van der Waals surface area contributed by atoms with Crippen molar-refractivity contribution in [1.29, 1.82) is 0 Å². The number of aromatic nitrogens is 3. The Balaban J connectivity index is 1.27. The average molecular weight is 632 g/mol. The highest BCUT2D eigenvalue weighted by atomic mass is 19.1. The summed E-state index contributed by atoms with van der Waals surface area (Å²) in [7, 11) is 0. The van der Waals surface area contributed by atoms with Crippen molar-refractivity contribution in [2.45, 2.75) is 57.1 Å². The lowest BCUT2D eigenvalue weighted by Gasteiger charge is -2.42. The van der Waals surface area contributed by atoms with Crippen molar-refractivity contribution >= 4 is 27.5 Å². The van der Waals surface area contributed by atoms with Crippen molar-refractivity contribution in [3.63, 3.8) is 0 Å². The van der Waals surface area contributed by atoms with E-state index >= 15 is 4.39 Å². The van der Waals surface area contributed by atoms with Gasteiger partial charge in [-0.3, -0.25) is 9.88 Å². The average Bonchev–Trinajstić information content (AvgIpc) is 3.44. The predicted molar refractivity (Wildman–Crippen MR) is 170 cm³/mol. The zero-order valence-corrected chi connectivity index (χ0v) is 26.3. The molecule has 4 saturated heterocycles. The first-order valence-electron chi connectivity index (χ1n) is 16.4. The highest BCUT2D eigenvalue weighted by Gasteiger charge is 2.48. The highest BCUT2D eigenvalue weighted by Crippen LogP contribution is 2.43. The molecule has 3 atom stereocenters. The molecule has 242 valence electrons. The van der Waals surface area contributed by atoms with E-state index < -0.39 is 11.4 Å². The van der Waals surface area contributed by atoms with Gasteiger partial charge in [-0.2, -0.15) is 9.97 Å². The van der Waals surface area contributed by atoms with Crippen LogP contribution in [0.25, 0.3) is 32.9 Å². The third-order valence-corrected chi connectivity index (χ3v) is 10.5. The van der Waals surface area contributed by atoms with Gasteiger partial charge >= 0.3 is 6.01 Å². The van der Waals surface area contributed by atoms with E-state index in [4.69, 9.17) is 19.2 Å². The molecule has 0 radical (unpaired) electrons. The van der Waals surface area contributed by atoms with Gasteiger partial charge in [0.05, 0.1) is 37.3 Å². The Bertz CT molecular complexity index is 1830. The molecule has 4 aliphatic heterocycles. The van der Waals surface area contributed by atoms with E-state index in [-0.39, 0.29) is 34.3 Å². The number of nitrogens with zero attached hydrogens (tertiary/aromatic N) is 5. The summed E-state index contributed by atoms with van der Waals surface area (Å²) < 4.78 is 50.3. The molecule has 1 N–H and O–H groups in total. The molecule has 4 aliphatic rings. The van der Waals surface area contributed by atoms with Crippen molar-refractivity contribution in [2.75, 3.05) is 57.5 Å². The van der Waals surface area contributed by atoms with E-state index in [1.54, 1.807) is 18.3 Å². The molecular weight excluding hydrogens is 592 g/mol. The fourth-order valence-corrected chi connectivity index (χ4v) is 8.28. The first-order valence-corrected chi connectivity index (χ1v) is 16.4. The predicted octanol–water partition coefficient (Wildman–Crippen LogP) is 5.64. The van der Waals surface area contributed by atoms with E-state index in [0.717, 1.165) is 38.8 Å². The lowest BCUT2D eigenvalue weighted by Crippen LogP contribution is -2.54. The molecule has 0 saturated carbocycles. The van der Waals surface area contributed by atoms with Gasteiger partial charge in [-0.15, -0.1) is 0 Å². The number of hydrogen-bond acceptors (Lipinski definition) is 9. The van der Waals surface area contributed by atoms with E-state index in [0.29, 0.717) is 85.0 Å². The number of aryl methyl sites for hydroxylation is 1. The summed E-state index contributed by atoms with van der Waals surface area (Å²) in [6.45, 7) is 9.34. The van der Waals surface area contributed by atoms with Crippen LogP contribution in [-0.2, 0) is 15.9 Å². The summed E-state index contributed by atoms with van der Waals surface area (Å²) in [6.07, 6.45) is 6.04. The third-order valence-electron chi connectivity index (χ3n) is 10.5. The smallest absolute Gasteiger partial charge is 0.319 e. The maximum atomic E-state index is 16.9. The molecule has 0 amide bonds. The maximum Gasteiger partial charge on any atom is 0.319 e. The lowest BCUT2D eigenvalue weighted by molar-refractivity contribution is -0.167. The van der Waals surface area contributed by atoms with Crippen LogP contribution in [-0.4, -0.2) is 88.7 Å². The molecule has 6 heterocycles. The zero-order valence-electron chi connectivity index (χ0n) is 26.3. The maximum absolute atomic E-state index is 16.9. The second-order valence-electron chi connectivity index (χ2n) is 13.6. The Morgan fingerprint density at radius 1 is 1.13 bits per heavy atom. The zero-order chi connectivity index (χ0) is 31.6. The molecular formula is C35H39F2N5O4. The van der Waals surface area contributed by atoms with E-state index in [1.807, 2.05) is 6.92 Å². The molecule has 1 spiro atoms. The summed E-state index contributed by atoms with van der Waals surface area (Å²) in [4.78, 5) is 18.7. The fourth-order valence-electron chi connectivity index (χ4n) is 8.28. The Hall–Kier alpha value is -3.67. The Morgan fingerprint density at radius 2 is 2.00 bits per heavy atom. The van der Waals surface area contributed by atoms with Gasteiger partial charge in [-0.05, 0) is 72.7 Å². The number of phenols is 1. The topological polar surface area (TPSA) is 93.1 Å². The van der Waals surface area contributed by atoms with Gasteiger partial charge in [-0.1, -0.05) is 19.9 Å². The molecule has 1 unspecified atom stereocenters. The third kappa shape index (κ3) is 4.86. The van der Waals surface area contributed by atoms with Crippen LogP contribution in [0.1, 0.15) is 45.1 Å². The number of aromatic hydroxyl groups is 1. The van der Waals surface area contributed by atoms with Crippen LogP contribution in [0, 0.1) is 17.6 Å². The molecule has 2 aromatic carbocycles. The quantitative estimate of drug-likeness (QED) is 0.290. The largest absolute Gasteiger partial charge is 0.508 e. The first kappa shape index (κ1) is 29.7. The number of phenolic OH excluding ortho intramolecular Hbond substituents is 1. The molecule has 2 aromatic heterocycles. The van der Waals surface area contributed by atoms with Crippen LogP contribution in [0.4, 0.5) is 14.6 Å². The number of ether oxygens (including phenoxy) is 3. The van der Waals surface area contributed by atoms with Crippen molar-refractivity contribution in [2.24, 2.45) is 5.92 Å². The molecule has 8 rings (SSSR count). The van der Waals surface area contributed by atoms with Crippen LogP contribution in [0.3, 0.4) is 0 Å². The number of halogens is 2. The van der Waals surface area contributed by atoms with E-state index in [2.05, 4.69) is 26.7 Å². The normalized spacial score (nSPS) is 26.5. The second kappa shape index (κ2) is 11.2. The minimum Gasteiger partial charge on any atom is -0.508 e. The standard InChI is InChI=1S/C35H39F2N5O4/c1-3-24-27(36)6-5-22-13-23(43)14-25(28(22)24)30-29(37)31-26(16-38-30)32(41-10-12-44-20-35(18-41)8-11-46-35)40-33(39-31)45-19-34-7-4-9-42(34)17-21(2)15-34/h5-6,13-14,16,21,43H,3-4,7-12,15,17-20H2,1-2H3/t21-,34+,35?/m1/s1. The van der Waals surface area contributed by atoms with Gasteiger partial charge in [-0.25, -0.2) is 8.78 Å². The van der Waals surface area contributed by atoms with Gasteiger partial charge in [0.25, 0.3) is 0 Å². The first-order chi connectivity index (χ1) is 22.3. The number of benzene rings is 2. The van der Waals surface area contributed by atoms with Gasteiger partial charge in [0.15, 0.2) is 5.82 Å². The lowest BCUT2D eigenvalue weighted by atomic mass is 9.92. The number of pyridine rings is 1. The summed E-state index contributed by atoms with van der Waals surface area (Å²) in [5, 5.41) is 12.2. The second-order valence-corrected chi connectivity index (χ2v) is 13.6. The molecule has 0 bridgehead atoms. The summed E-state index contributed by atoms with van der Waals surface area (Å²) in [6, 6.07) is 6.06. The minimum absolute atomic E-state index is 0.0209. The fraction of sp³-hybridized carbons (Fsp3) is 0.514. The van der Waals surface area contributed by atoms with Crippen LogP contribution < -0.4 is 9.64 Å². The summed E-state index contributed by atoms with van der Waals surface area (Å²) in [5.74, 6) is -0.0410. The molecule has 46 heavy (non-hydrogen) atoms. The van der Waals surface area contributed by atoms with Gasteiger partial charge in [0, 0.05) is 31.3 Å². The number of rotatable bonds is 6. The Labute approximate surface area is 266 Å². The van der Waals surface area contributed by atoms with E-state index in [9.17, 15) is 9.50 Å². The van der Waals surface area contributed by atoms with Gasteiger partial charge in [0.2, 0.25) is 0 Å². The monoisotopic (exact) mass is 631 g/mol. The van der Waals surface area contributed by atoms with Crippen LogP contribution in [0.2, 0.25) is 0 Å². The van der Waals surface area contributed by atoms with Crippen LogP contribution in [0.5, 0.6) is 11.8 Å². The SMILES string of the molecule is CCc1c(F)ccc2cc(O)cc(-c3ncc4c(N5CCOCC6(CCO6)C5)nc(OC[C@@]56CCCN5C[C@H](C)C6)nc4c3F)c12. The molecule has 4 fully saturated rings. The molecule has 0 aliphatic carbocycles. The number of hydrogen-bond donors (Lipinski definition) is 1. The molecule has 4 aromatic rings. The van der Waals surface area contributed by atoms with Crippen molar-refractivity contribution in [3.05, 3.63) is 47.7 Å². The van der Waals surface area contributed by atoms with Crippen molar-refractivity contribution in [1.82, 2.24) is 19.9 Å². The number of anilines is 1. The Kier molecular flexibility index (Phi) is 7.26. The van der Waals surface area contributed by atoms with Gasteiger partial charge < -0.3 is 24.2 Å². The summed E-state index contributed by atoms with van der Waals surface area (Å²) in [5.41, 5.74) is 0.269.